The minimum atomic E-state index is -4.37. The summed E-state index contributed by atoms with van der Waals surface area (Å²) in [5, 5.41) is 0. The van der Waals surface area contributed by atoms with Gasteiger partial charge in [-0.15, -0.1) is 0 Å². The van der Waals surface area contributed by atoms with Crippen LogP contribution in [0.3, 0.4) is 0 Å². The Hall–Kier alpha value is -1.07. The summed E-state index contributed by atoms with van der Waals surface area (Å²) >= 11 is 0. The molecule has 1 amide bonds. The van der Waals surface area contributed by atoms with E-state index < -0.39 is 24.3 Å². The second kappa shape index (κ2) is 2.68. The molecule has 10 heavy (non-hydrogen) atoms. The van der Waals surface area contributed by atoms with E-state index in [4.69, 9.17) is 0 Å². The number of Topliss-reactive ketones (excluding diaryl/α,β-unsaturated/α-hetero) is 1. The van der Waals surface area contributed by atoms with Crippen LogP contribution in [0.4, 0.5) is 13.2 Å². The molecule has 0 rings (SSSR count). The second-order valence-corrected chi connectivity index (χ2v) is 1.50. The van der Waals surface area contributed by atoms with E-state index in [2.05, 4.69) is 5.73 Å². The highest BCUT2D eigenvalue weighted by atomic mass is 19.3. The molecular formula is C4H4F3NO2. The summed E-state index contributed by atoms with van der Waals surface area (Å²) in [6.45, 7) is -1.89. The highest BCUT2D eigenvalue weighted by Crippen LogP contribution is 2.13. The number of carbonyl (C=O) groups is 2. The van der Waals surface area contributed by atoms with Gasteiger partial charge in [0, 0.05) is 0 Å². The monoisotopic (exact) mass is 155 g/mol. The summed E-state index contributed by atoms with van der Waals surface area (Å²) in [6.07, 6.45) is 0. The molecule has 0 fully saturated rings. The summed E-state index contributed by atoms with van der Waals surface area (Å²) in [5.41, 5.74) is 4.07. The van der Waals surface area contributed by atoms with E-state index >= 15 is 0 Å². The van der Waals surface area contributed by atoms with Crippen molar-refractivity contribution in [1.29, 1.82) is 0 Å². The molecular weight excluding hydrogens is 151 g/mol. The number of hydrogen-bond acceptors (Lipinski definition) is 2. The van der Waals surface area contributed by atoms with Crippen LogP contribution in [0.1, 0.15) is 0 Å². The Kier molecular flexibility index (Phi) is 2.39. The molecule has 6 heteroatoms. The van der Waals surface area contributed by atoms with Crippen molar-refractivity contribution in [2.45, 2.75) is 5.92 Å². The molecule has 0 saturated carbocycles. The van der Waals surface area contributed by atoms with Gasteiger partial charge in [-0.1, -0.05) is 0 Å². The van der Waals surface area contributed by atoms with E-state index in [1.54, 1.807) is 0 Å². The highest BCUT2D eigenvalue weighted by Gasteiger charge is 2.44. The standard InChI is InChI=1S/C4H4F3NO2/c5-1-2(9)4(6,7)3(8)10/h1H2,(H2,8,10). The number of halogens is 3. The zero-order chi connectivity index (χ0) is 8.36. The molecule has 0 aromatic carbocycles. The molecule has 0 heterocycles. The van der Waals surface area contributed by atoms with Gasteiger partial charge in [-0.25, -0.2) is 4.39 Å². The maximum Gasteiger partial charge on any atom is 0.383 e. The number of alkyl halides is 3. The van der Waals surface area contributed by atoms with Crippen molar-refractivity contribution in [2.24, 2.45) is 5.73 Å². The lowest BCUT2D eigenvalue weighted by atomic mass is 10.2. The van der Waals surface area contributed by atoms with Crippen LogP contribution < -0.4 is 5.73 Å². The lowest BCUT2D eigenvalue weighted by Gasteiger charge is -2.06. The van der Waals surface area contributed by atoms with E-state index in [0.717, 1.165) is 0 Å². The first-order valence-corrected chi connectivity index (χ1v) is 2.20. The fourth-order valence-corrected chi connectivity index (χ4v) is 0.221. The molecule has 0 radical (unpaired) electrons. The quantitative estimate of drug-likeness (QED) is 0.566. The van der Waals surface area contributed by atoms with E-state index in [9.17, 15) is 22.8 Å². The largest absolute Gasteiger partial charge is 0.383 e. The van der Waals surface area contributed by atoms with Crippen LogP contribution in [0, 0.1) is 0 Å². The molecule has 0 aliphatic rings. The number of nitrogens with two attached hydrogens (primary N) is 1. The fraction of sp³-hybridized carbons (Fsp3) is 0.500. The number of carbonyl (C=O) groups excluding carboxylic acids is 2. The van der Waals surface area contributed by atoms with Gasteiger partial charge < -0.3 is 5.73 Å². The average molecular weight is 155 g/mol. The van der Waals surface area contributed by atoms with Crippen molar-refractivity contribution in [1.82, 2.24) is 0 Å². The van der Waals surface area contributed by atoms with Gasteiger partial charge in [0.15, 0.2) is 6.67 Å². The van der Waals surface area contributed by atoms with Crippen molar-refractivity contribution >= 4 is 11.7 Å². The van der Waals surface area contributed by atoms with Crippen molar-refractivity contribution in [2.75, 3.05) is 6.67 Å². The van der Waals surface area contributed by atoms with Crippen molar-refractivity contribution in [3.63, 3.8) is 0 Å². The molecule has 0 aromatic rings. The van der Waals surface area contributed by atoms with Crippen LogP contribution in [-0.4, -0.2) is 24.3 Å². The first kappa shape index (κ1) is 8.93. The number of primary amides is 1. The van der Waals surface area contributed by atoms with Crippen LogP contribution in [0.15, 0.2) is 0 Å². The van der Waals surface area contributed by atoms with Gasteiger partial charge in [0.25, 0.3) is 5.91 Å². The molecule has 0 aliphatic heterocycles. The van der Waals surface area contributed by atoms with E-state index in [-0.39, 0.29) is 0 Å². The summed E-state index contributed by atoms with van der Waals surface area (Å²) in [7, 11) is 0. The third-order valence-corrected chi connectivity index (χ3v) is 0.781. The van der Waals surface area contributed by atoms with Crippen LogP contribution >= 0.6 is 0 Å². The Morgan fingerprint density at radius 1 is 1.40 bits per heavy atom. The molecule has 0 aromatic heterocycles. The molecule has 0 bridgehead atoms. The van der Waals surface area contributed by atoms with Gasteiger partial charge in [-0.05, 0) is 0 Å². The highest BCUT2D eigenvalue weighted by molar-refractivity contribution is 6.07. The number of ketones is 1. The van der Waals surface area contributed by atoms with Gasteiger partial charge in [0.05, 0.1) is 0 Å². The number of amides is 1. The van der Waals surface area contributed by atoms with Crippen LogP contribution in [0.25, 0.3) is 0 Å². The normalized spacial score (nSPS) is 11.1. The Bertz CT molecular complexity index is 168. The third-order valence-electron chi connectivity index (χ3n) is 0.781. The SMILES string of the molecule is NC(=O)C(F)(F)C(=O)CF. The predicted molar refractivity (Wildman–Crippen MR) is 25.1 cm³/mol. The Morgan fingerprint density at radius 2 is 1.80 bits per heavy atom. The summed E-state index contributed by atoms with van der Waals surface area (Å²) in [6, 6.07) is 0. The minimum Gasteiger partial charge on any atom is -0.364 e. The van der Waals surface area contributed by atoms with Crippen LogP contribution in [-0.2, 0) is 9.59 Å². The molecule has 0 saturated heterocycles. The van der Waals surface area contributed by atoms with E-state index in [0.29, 0.717) is 0 Å². The van der Waals surface area contributed by atoms with Crippen LogP contribution in [0.2, 0.25) is 0 Å². The Labute approximate surface area is 54.0 Å². The second-order valence-electron chi connectivity index (χ2n) is 1.50. The molecule has 0 aliphatic carbocycles. The third kappa shape index (κ3) is 1.46. The summed E-state index contributed by atoms with van der Waals surface area (Å²) in [4.78, 5) is 19.6. The molecule has 3 nitrogen and oxygen atoms in total. The molecule has 0 atom stereocenters. The molecule has 0 spiro atoms. The van der Waals surface area contributed by atoms with Crippen molar-refractivity contribution in [3.8, 4) is 0 Å². The van der Waals surface area contributed by atoms with Gasteiger partial charge in [0.1, 0.15) is 0 Å². The number of rotatable bonds is 3. The lowest BCUT2D eigenvalue weighted by Crippen LogP contribution is -2.43. The van der Waals surface area contributed by atoms with Gasteiger partial charge >= 0.3 is 5.92 Å². The summed E-state index contributed by atoms with van der Waals surface area (Å²) in [5.74, 6) is -8.61. The molecule has 0 unspecified atom stereocenters. The van der Waals surface area contributed by atoms with Crippen LogP contribution in [0.5, 0.6) is 0 Å². The lowest BCUT2D eigenvalue weighted by molar-refractivity contribution is -0.156. The summed E-state index contributed by atoms with van der Waals surface area (Å²) < 4.78 is 35.0. The molecule has 2 N–H and O–H groups in total. The molecule has 58 valence electrons. The zero-order valence-electron chi connectivity index (χ0n) is 4.73. The van der Waals surface area contributed by atoms with Gasteiger partial charge in [-0.2, -0.15) is 8.78 Å². The maximum absolute atomic E-state index is 11.9. The first-order valence-electron chi connectivity index (χ1n) is 2.20. The first-order chi connectivity index (χ1) is 4.42. The predicted octanol–water partition coefficient (Wildman–Crippen LogP) is -0.354. The van der Waals surface area contributed by atoms with Gasteiger partial charge in [-0.3, -0.25) is 9.59 Å². The van der Waals surface area contributed by atoms with Crippen molar-refractivity contribution in [3.05, 3.63) is 0 Å². The number of hydrogen-bond donors (Lipinski definition) is 1. The Morgan fingerprint density at radius 3 is 1.90 bits per heavy atom. The smallest absolute Gasteiger partial charge is 0.364 e. The Balaban J connectivity index is 4.40. The topological polar surface area (TPSA) is 60.2 Å². The van der Waals surface area contributed by atoms with E-state index in [1.807, 2.05) is 0 Å². The van der Waals surface area contributed by atoms with E-state index in [1.165, 1.54) is 0 Å². The zero-order valence-corrected chi connectivity index (χ0v) is 4.73. The minimum absolute atomic E-state index is 1.89. The van der Waals surface area contributed by atoms with Crippen molar-refractivity contribution < 1.29 is 22.8 Å². The average Bonchev–Trinajstić information content (AvgIpc) is 1.86. The van der Waals surface area contributed by atoms with Gasteiger partial charge in [0.2, 0.25) is 5.78 Å². The maximum atomic E-state index is 11.9. The fourth-order valence-electron chi connectivity index (χ4n) is 0.221.